The molecule has 1 saturated carbocycles. The van der Waals surface area contributed by atoms with Gasteiger partial charge in [-0.25, -0.2) is 4.39 Å². The first kappa shape index (κ1) is 12.9. The summed E-state index contributed by atoms with van der Waals surface area (Å²) >= 11 is 3.73. The van der Waals surface area contributed by atoms with E-state index in [-0.39, 0.29) is 10.6 Å². The molecule has 1 aromatic rings. The number of methoxy groups -OCH3 is 1. The molecule has 17 heavy (non-hydrogen) atoms. The fourth-order valence-electron chi connectivity index (χ4n) is 2.71. The lowest BCUT2D eigenvalue weighted by molar-refractivity contribution is 0.384. The van der Waals surface area contributed by atoms with Crippen molar-refractivity contribution in [3.8, 4) is 5.75 Å². The van der Waals surface area contributed by atoms with E-state index < -0.39 is 0 Å². The van der Waals surface area contributed by atoms with Gasteiger partial charge in [0, 0.05) is 4.83 Å². The first-order valence-corrected chi connectivity index (χ1v) is 7.02. The smallest absolute Gasteiger partial charge is 0.165 e. The maximum atomic E-state index is 13.6. The number of rotatable bonds is 3. The van der Waals surface area contributed by atoms with Gasteiger partial charge in [-0.1, -0.05) is 41.8 Å². The Hall–Kier alpha value is -0.570. The van der Waals surface area contributed by atoms with Crippen LogP contribution in [-0.2, 0) is 0 Å². The monoisotopic (exact) mass is 300 g/mol. The van der Waals surface area contributed by atoms with Crippen LogP contribution in [0.3, 0.4) is 0 Å². The molecule has 3 heteroatoms. The van der Waals surface area contributed by atoms with Gasteiger partial charge < -0.3 is 4.74 Å². The molecule has 0 aromatic heterocycles. The second-order valence-corrected chi connectivity index (χ2v) is 5.85. The van der Waals surface area contributed by atoms with Crippen LogP contribution >= 0.6 is 15.9 Å². The molecule has 0 saturated heterocycles. The minimum atomic E-state index is -0.278. The van der Waals surface area contributed by atoms with Gasteiger partial charge in [-0.3, -0.25) is 0 Å². The molecule has 94 valence electrons. The lowest BCUT2D eigenvalue weighted by Gasteiger charge is -2.22. The van der Waals surface area contributed by atoms with E-state index >= 15 is 0 Å². The Labute approximate surface area is 110 Å². The van der Waals surface area contributed by atoms with Crippen molar-refractivity contribution >= 4 is 15.9 Å². The molecule has 0 bridgehead atoms. The van der Waals surface area contributed by atoms with Crippen molar-refractivity contribution in [2.45, 2.75) is 31.0 Å². The summed E-state index contributed by atoms with van der Waals surface area (Å²) in [5.74, 6) is 1.36. The number of alkyl halides is 1. The van der Waals surface area contributed by atoms with Gasteiger partial charge in [-0.05, 0) is 36.0 Å². The molecule has 1 nitrogen and oxygen atoms in total. The van der Waals surface area contributed by atoms with Crippen molar-refractivity contribution in [2.75, 3.05) is 7.11 Å². The van der Waals surface area contributed by atoms with Gasteiger partial charge in [0.2, 0.25) is 0 Å². The van der Waals surface area contributed by atoms with E-state index in [2.05, 4.69) is 22.9 Å². The molecule has 3 atom stereocenters. The van der Waals surface area contributed by atoms with Gasteiger partial charge in [-0.2, -0.15) is 0 Å². The van der Waals surface area contributed by atoms with Gasteiger partial charge in [0.25, 0.3) is 0 Å². The van der Waals surface area contributed by atoms with Crippen LogP contribution in [0.1, 0.15) is 36.6 Å². The van der Waals surface area contributed by atoms with Crippen molar-refractivity contribution in [3.05, 3.63) is 29.6 Å². The molecule has 1 aromatic carbocycles. The molecular formula is C14H18BrFO. The van der Waals surface area contributed by atoms with Gasteiger partial charge >= 0.3 is 0 Å². The predicted molar refractivity (Wildman–Crippen MR) is 71.1 cm³/mol. The Morgan fingerprint density at radius 1 is 1.41 bits per heavy atom. The van der Waals surface area contributed by atoms with Crippen LogP contribution in [-0.4, -0.2) is 7.11 Å². The van der Waals surface area contributed by atoms with Gasteiger partial charge in [-0.15, -0.1) is 0 Å². The highest BCUT2D eigenvalue weighted by molar-refractivity contribution is 9.09. The highest BCUT2D eigenvalue weighted by Gasteiger charge is 2.30. The molecule has 1 aliphatic carbocycles. The van der Waals surface area contributed by atoms with E-state index in [1.165, 1.54) is 26.4 Å². The van der Waals surface area contributed by atoms with Crippen LogP contribution in [0.25, 0.3) is 0 Å². The average Bonchev–Trinajstić information content (AvgIpc) is 2.74. The Morgan fingerprint density at radius 2 is 2.18 bits per heavy atom. The second-order valence-electron chi connectivity index (χ2n) is 4.87. The molecule has 0 spiro atoms. The van der Waals surface area contributed by atoms with Crippen molar-refractivity contribution in [1.29, 1.82) is 0 Å². The summed E-state index contributed by atoms with van der Waals surface area (Å²) in [6.45, 7) is 2.28. The molecular weight excluding hydrogens is 283 g/mol. The van der Waals surface area contributed by atoms with Crippen LogP contribution in [0.2, 0.25) is 0 Å². The maximum absolute atomic E-state index is 13.6. The van der Waals surface area contributed by atoms with Gasteiger partial charge in [0.05, 0.1) is 7.11 Å². The largest absolute Gasteiger partial charge is 0.494 e. The summed E-state index contributed by atoms with van der Waals surface area (Å²) < 4.78 is 18.6. The molecule has 1 fully saturated rings. The van der Waals surface area contributed by atoms with E-state index in [1.807, 2.05) is 6.07 Å². The molecule has 0 heterocycles. The first-order valence-electron chi connectivity index (χ1n) is 6.11. The Balaban J connectivity index is 2.19. The number of benzene rings is 1. The zero-order valence-electron chi connectivity index (χ0n) is 10.2. The van der Waals surface area contributed by atoms with Crippen LogP contribution < -0.4 is 4.74 Å². The number of ether oxygens (including phenoxy) is 1. The summed E-state index contributed by atoms with van der Waals surface area (Å²) in [6.07, 6.45) is 3.79. The fourth-order valence-corrected chi connectivity index (χ4v) is 3.78. The van der Waals surface area contributed by atoms with E-state index in [4.69, 9.17) is 4.74 Å². The Bertz CT molecular complexity index is 394. The van der Waals surface area contributed by atoms with Crippen LogP contribution in [0.5, 0.6) is 5.75 Å². The quantitative estimate of drug-likeness (QED) is 0.735. The zero-order chi connectivity index (χ0) is 12.4. The predicted octanol–water partition coefficient (Wildman–Crippen LogP) is 4.71. The van der Waals surface area contributed by atoms with Crippen molar-refractivity contribution in [3.63, 3.8) is 0 Å². The third kappa shape index (κ3) is 2.65. The molecule has 0 amide bonds. The van der Waals surface area contributed by atoms with Crippen LogP contribution in [0, 0.1) is 17.7 Å². The Morgan fingerprint density at radius 3 is 2.71 bits per heavy atom. The van der Waals surface area contributed by atoms with Gasteiger partial charge in [0.1, 0.15) is 0 Å². The minimum Gasteiger partial charge on any atom is -0.494 e. The van der Waals surface area contributed by atoms with Crippen LogP contribution in [0.4, 0.5) is 4.39 Å². The molecule has 3 unspecified atom stereocenters. The number of halogens is 2. The Kier molecular flexibility index (Phi) is 4.08. The average molecular weight is 301 g/mol. The highest BCUT2D eigenvalue weighted by atomic mass is 79.9. The zero-order valence-corrected chi connectivity index (χ0v) is 11.8. The van der Waals surface area contributed by atoms with E-state index in [0.717, 1.165) is 5.56 Å². The third-order valence-electron chi connectivity index (χ3n) is 3.80. The summed E-state index contributed by atoms with van der Waals surface area (Å²) in [6, 6.07) is 5.24. The molecule has 2 rings (SSSR count). The van der Waals surface area contributed by atoms with Crippen LogP contribution in [0.15, 0.2) is 18.2 Å². The summed E-state index contributed by atoms with van der Waals surface area (Å²) in [7, 11) is 1.49. The first-order chi connectivity index (χ1) is 8.13. The lowest BCUT2D eigenvalue weighted by atomic mass is 9.91. The lowest BCUT2D eigenvalue weighted by Crippen LogP contribution is -2.10. The van der Waals surface area contributed by atoms with E-state index in [0.29, 0.717) is 17.6 Å². The third-order valence-corrected chi connectivity index (χ3v) is 5.01. The summed E-state index contributed by atoms with van der Waals surface area (Å²) in [4.78, 5) is 0.250. The summed E-state index contributed by atoms with van der Waals surface area (Å²) in [5.41, 5.74) is 1.02. The fraction of sp³-hybridized carbons (Fsp3) is 0.571. The molecule has 0 aliphatic heterocycles. The highest BCUT2D eigenvalue weighted by Crippen LogP contribution is 2.45. The van der Waals surface area contributed by atoms with E-state index in [1.54, 1.807) is 12.1 Å². The molecule has 0 radical (unpaired) electrons. The topological polar surface area (TPSA) is 9.23 Å². The van der Waals surface area contributed by atoms with Crippen molar-refractivity contribution in [1.82, 2.24) is 0 Å². The minimum absolute atomic E-state index is 0.250. The SMILES string of the molecule is COc1ccc(C(Br)C2CCCC2C)cc1F. The maximum Gasteiger partial charge on any atom is 0.165 e. The van der Waals surface area contributed by atoms with E-state index in [9.17, 15) is 4.39 Å². The normalized spacial score (nSPS) is 25.9. The molecule has 1 aliphatic rings. The van der Waals surface area contributed by atoms with Crippen molar-refractivity contribution in [2.24, 2.45) is 11.8 Å². The molecule has 0 N–H and O–H groups in total. The van der Waals surface area contributed by atoms with Crippen molar-refractivity contribution < 1.29 is 9.13 Å². The van der Waals surface area contributed by atoms with Gasteiger partial charge in [0.15, 0.2) is 11.6 Å². The number of hydrogen-bond acceptors (Lipinski definition) is 1. The second kappa shape index (κ2) is 5.38. The standard InChI is InChI=1S/C14H18BrFO/c1-9-4-3-5-11(9)14(15)10-6-7-13(17-2)12(16)8-10/h6-9,11,14H,3-5H2,1-2H3. The number of hydrogen-bond donors (Lipinski definition) is 0. The summed E-state index contributed by atoms with van der Waals surface area (Å²) in [5, 5.41) is 0.